The maximum absolute atomic E-state index is 11.5. The van der Waals surface area contributed by atoms with Crippen molar-refractivity contribution >= 4 is 28.6 Å². The molecule has 0 unspecified atom stereocenters. The monoisotopic (exact) mass is 387 g/mol. The number of methoxy groups -OCH3 is 1. The zero-order valence-electron chi connectivity index (χ0n) is 16.8. The van der Waals surface area contributed by atoms with Gasteiger partial charge < -0.3 is 20.4 Å². The highest BCUT2D eigenvalue weighted by molar-refractivity contribution is 5.89. The van der Waals surface area contributed by atoms with Gasteiger partial charge in [-0.1, -0.05) is 18.2 Å². The van der Waals surface area contributed by atoms with Gasteiger partial charge in [0.15, 0.2) is 6.29 Å². The van der Waals surface area contributed by atoms with Crippen molar-refractivity contribution in [3.8, 4) is 11.4 Å². The van der Waals surface area contributed by atoms with Crippen LogP contribution < -0.4 is 15.8 Å². The van der Waals surface area contributed by atoms with E-state index in [0.717, 1.165) is 45.7 Å². The smallest absolute Gasteiger partial charge is 0.152 e. The third-order valence-electron chi connectivity index (χ3n) is 4.67. The van der Waals surface area contributed by atoms with Crippen LogP contribution in [0.25, 0.3) is 16.6 Å². The van der Waals surface area contributed by atoms with Crippen LogP contribution in [0.3, 0.4) is 0 Å². The minimum atomic E-state index is 0.624. The van der Waals surface area contributed by atoms with Crippen LogP contribution in [0.4, 0.5) is 11.4 Å². The highest BCUT2D eigenvalue weighted by Gasteiger charge is 2.11. The number of nitrogens with two attached hydrogens (primary N) is 1. The summed E-state index contributed by atoms with van der Waals surface area (Å²) < 4.78 is 7.51. The van der Waals surface area contributed by atoms with Gasteiger partial charge in [0.2, 0.25) is 0 Å². The van der Waals surface area contributed by atoms with Gasteiger partial charge in [-0.2, -0.15) is 0 Å². The van der Waals surface area contributed by atoms with Gasteiger partial charge in [0.25, 0.3) is 0 Å². The number of fused-ring (bicyclic) bond motifs is 1. The number of carbonyl (C=O) groups is 1. The van der Waals surface area contributed by atoms with Crippen LogP contribution in [-0.2, 0) is 0 Å². The number of benzene rings is 3. The van der Waals surface area contributed by atoms with Crippen molar-refractivity contribution in [3.63, 3.8) is 0 Å². The summed E-state index contributed by atoms with van der Waals surface area (Å²) in [5, 5.41) is 4.46. The predicted molar refractivity (Wildman–Crippen MR) is 120 cm³/mol. The van der Waals surface area contributed by atoms with Gasteiger partial charge in [0.1, 0.15) is 5.75 Å². The Hall–Kier alpha value is -3.57. The Bertz CT molecular complexity index is 1120. The molecule has 0 saturated carbocycles. The Morgan fingerprint density at radius 1 is 0.966 bits per heavy atom. The SMILES string of the molecule is CN.COc1ccc2c(c1)cc(C)n2-c1ccc(C=O)c(Nc2ccccc2)c1. The summed E-state index contributed by atoms with van der Waals surface area (Å²) in [6.07, 6.45) is 0.876. The molecule has 4 aromatic rings. The number of aromatic nitrogens is 1. The van der Waals surface area contributed by atoms with Gasteiger partial charge in [-0.25, -0.2) is 0 Å². The first-order valence-corrected chi connectivity index (χ1v) is 9.35. The summed E-state index contributed by atoms with van der Waals surface area (Å²) in [6, 6.07) is 23.8. The lowest BCUT2D eigenvalue weighted by molar-refractivity contribution is 0.112. The highest BCUT2D eigenvalue weighted by Crippen LogP contribution is 2.30. The van der Waals surface area contributed by atoms with E-state index in [1.165, 1.54) is 7.05 Å². The summed E-state index contributed by atoms with van der Waals surface area (Å²) in [5.41, 5.74) is 10.1. The van der Waals surface area contributed by atoms with Crippen molar-refractivity contribution in [3.05, 3.63) is 84.1 Å². The Morgan fingerprint density at radius 3 is 2.41 bits per heavy atom. The second-order valence-electron chi connectivity index (χ2n) is 6.43. The van der Waals surface area contributed by atoms with Crippen molar-refractivity contribution in [2.24, 2.45) is 5.73 Å². The molecule has 29 heavy (non-hydrogen) atoms. The molecule has 0 radical (unpaired) electrons. The third kappa shape index (κ3) is 4.15. The molecule has 0 spiro atoms. The highest BCUT2D eigenvalue weighted by atomic mass is 16.5. The second-order valence-corrected chi connectivity index (χ2v) is 6.43. The van der Waals surface area contributed by atoms with Gasteiger partial charge in [-0.3, -0.25) is 4.79 Å². The van der Waals surface area contributed by atoms with E-state index in [-0.39, 0.29) is 0 Å². The average Bonchev–Trinajstić information content (AvgIpc) is 3.10. The van der Waals surface area contributed by atoms with Crippen LogP contribution >= 0.6 is 0 Å². The molecule has 3 aromatic carbocycles. The van der Waals surface area contributed by atoms with E-state index in [1.807, 2.05) is 60.7 Å². The average molecular weight is 387 g/mol. The van der Waals surface area contributed by atoms with Crippen molar-refractivity contribution in [1.82, 2.24) is 4.57 Å². The normalized spacial score (nSPS) is 10.2. The molecular formula is C24H25N3O2. The first-order chi connectivity index (χ1) is 14.2. The van der Waals surface area contributed by atoms with Crippen LogP contribution in [0.5, 0.6) is 5.75 Å². The molecule has 5 heteroatoms. The molecule has 1 heterocycles. The number of aryl methyl sites for hydroxylation is 1. The Balaban J connectivity index is 0.00000117. The summed E-state index contributed by atoms with van der Waals surface area (Å²) in [6.45, 7) is 2.07. The molecule has 0 saturated heterocycles. The number of nitrogens with zero attached hydrogens (tertiary/aromatic N) is 1. The lowest BCUT2D eigenvalue weighted by atomic mass is 10.1. The van der Waals surface area contributed by atoms with Crippen LogP contribution in [0.15, 0.2) is 72.8 Å². The number of hydrogen-bond donors (Lipinski definition) is 2. The number of ether oxygens (including phenoxy) is 1. The van der Waals surface area contributed by atoms with Gasteiger partial charge >= 0.3 is 0 Å². The molecule has 148 valence electrons. The second kappa shape index (κ2) is 9.08. The molecule has 1 aromatic heterocycles. The standard InChI is InChI=1S/C23H20N2O2.CH5N/c1-16-12-18-13-21(27-2)10-11-23(18)25(16)20-9-8-17(15-26)22(14-20)24-19-6-4-3-5-7-19;1-2/h3-15,24H,1-2H3;2H2,1H3. The number of carbonyl (C=O) groups excluding carboxylic acids is 1. The molecule has 0 bridgehead atoms. The molecule has 0 fully saturated rings. The summed E-state index contributed by atoms with van der Waals surface area (Å²) in [5.74, 6) is 0.836. The molecule has 5 nitrogen and oxygen atoms in total. The van der Waals surface area contributed by atoms with Crippen LogP contribution in [0.2, 0.25) is 0 Å². The van der Waals surface area contributed by atoms with Crippen molar-refractivity contribution in [2.45, 2.75) is 6.92 Å². The quantitative estimate of drug-likeness (QED) is 0.469. The topological polar surface area (TPSA) is 69.3 Å². The third-order valence-corrected chi connectivity index (χ3v) is 4.67. The van der Waals surface area contributed by atoms with E-state index >= 15 is 0 Å². The van der Waals surface area contributed by atoms with E-state index in [9.17, 15) is 4.79 Å². The Morgan fingerprint density at radius 2 is 1.72 bits per heavy atom. The number of anilines is 2. The largest absolute Gasteiger partial charge is 0.497 e. The predicted octanol–water partition coefficient (Wildman–Crippen LogP) is 5.08. The maximum atomic E-state index is 11.5. The van der Waals surface area contributed by atoms with Gasteiger partial charge in [0.05, 0.1) is 18.3 Å². The summed E-state index contributed by atoms with van der Waals surface area (Å²) >= 11 is 0. The lowest BCUT2D eigenvalue weighted by Crippen LogP contribution is -2.01. The minimum Gasteiger partial charge on any atom is -0.497 e. The van der Waals surface area contributed by atoms with Crippen LogP contribution in [0, 0.1) is 6.92 Å². The molecule has 0 aliphatic rings. The number of para-hydroxylation sites is 1. The number of hydrogen-bond acceptors (Lipinski definition) is 4. The Labute approximate surface area is 170 Å². The van der Waals surface area contributed by atoms with E-state index < -0.39 is 0 Å². The van der Waals surface area contributed by atoms with Crippen LogP contribution in [-0.4, -0.2) is 25.0 Å². The summed E-state index contributed by atoms with van der Waals surface area (Å²) in [4.78, 5) is 11.5. The molecule has 3 N–H and O–H groups in total. The number of nitrogens with one attached hydrogen (secondary N) is 1. The van der Waals surface area contributed by atoms with Gasteiger partial charge in [0, 0.05) is 28.0 Å². The first-order valence-electron chi connectivity index (χ1n) is 9.35. The van der Waals surface area contributed by atoms with E-state index in [1.54, 1.807) is 7.11 Å². The first kappa shape index (κ1) is 20.2. The van der Waals surface area contributed by atoms with Crippen molar-refractivity contribution in [2.75, 3.05) is 19.5 Å². The van der Waals surface area contributed by atoms with Crippen molar-refractivity contribution in [1.29, 1.82) is 0 Å². The molecule has 0 aliphatic heterocycles. The van der Waals surface area contributed by atoms with Crippen molar-refractivity contribution < 1.29 is 9.53 Å². The lowest BCUT2D eigenvalue weighted by Gasteiger charge is -2.14. The number of rotatable bonds is 5. The van der Waals surface area contributed by atoms with Crippen LogP contribution in [0.1, 0.15) is 16.1 Å². The minimum absolute atomic E-state index is 0.624. The zero-order valence-corrected chi connectivity index (χ0v) is 16.8. The van der Waals surface area contributed by atoms with Gasteiger partial charge in [-0.05, 0) is 68.6 Å². The Kier molecular flexibility index (Phi) is 6.32. The molecule has 4 rings (SSSR count). The summed E-state index contributed by atoms with van der Waals surface area (Å²) in [7, 11) is 3.17. The number of aldehydes is 1. The van der Waals surface area contributed by atoms with E-state index in [2.05, 4.69) is 34.7 Å². The van der Waals surface area contributed by atoms with Gasteiger partial charge in [-0.15, -0.1) is 0 Å². The fraction of sp³-hybridized carbons (Fsp3) is 0.125. The molecule has 0 amide bonds. The molecule has 0 atom stereocenters. The molecule has 0 aliphatic carbocycles. The fourth-order valence-electron chi connectivity index (χ4n) is 3.37. The molecular weight excluding hydrogens is 362 g/mol. The van der Waals surface area contributed by atoms with E-state index in [0.29, 0.717) is 5.56 Å². The zero-order chi connectivity index (χ0) is 20.8. The van der Waals surface area contributed by atoms with E-state index in [4.69, 9.17) is 4.74 Å². The maximum Gasteiger partial charge on any atom is 0.152 e. The fourth-order valence-corrected chi connectivity index (χ4v) is 3.37.